The molecule has 0 aromatic heterocycles. The highest BCUT2D eigenvalue weighted by Crippen LogP contribution is 2.27. The average Bonchev–Trinajstić information content (AvgIpc) is 2.48. The summed E-state index contributed by atoms with van der Waals surface area (Å²) in [5.74, 6) is -1.67. The first-order chi connectivity index (χ1) is 9.61. The number of aliphatic carboxylic acids is 1. The number of carbonyl (C=O) groups excluding carboxylic acids is 1. The Morgan fingerprint density at radius 3 is 2.30 bits per heavy atom. The van der Waals surface area contributed by atoms with E-state index in [0.29, 0.717) is 24.3 Å². The zero-order valence-electron chi connectivity index (χ0n) is 11.2. The number of carboxylic acids is 1. The third-order valence-electron chi connectivity index (χ3n) is 3.44. The van der Waals surface area contributed by atoms with Gasteiger partial charge in [0.25, 0.3) is 0 Å². The molecule has 20 heavy (non-hydrogen) atoms. The van der Waals surface area contributed by atoms with Crippen LogP contribution in [-0.4, -0.2) is 24.1 Å². The van der Waals surface area contributed by atoms with Gasteiger partial charge in [-0.1, -0.05) is 12.2 Å². The summed E-state index contributed by atoms with van der Waals surface area (Å²) in [5.41, 5.74) is 0.634. The van der Waals surface area contributed by atoms with Gasteiger partial charge in [0.15, 0.2) is 0 Å². The van der Waals surface area contributed by atoms with E-state index in [4.69, 9.17) is 9.84 Å². The van der Waals surface area contributed by atoms with E-state index in [1.807, 2.05) is 12.2 Å². The Labute approximate surface area is 117 Å². The maximum Gasteiger partial charge on any atom is 0.307 e. The van der Waals surface area contributed by atoms with E-state index in [-0.39, 0.29) is 5.91 Å². The number of carboxylic acid groups (broad SMARTS) is 1. The fourth-order valence-corrected chi connectivity index (χ4v) is 2.29. The molecule has 1 amide bonds. The summed E-state index contributed by atoms with van der Waals surface area (Å²) in [6.45, 7) is 0. The smallest absolute Gasteiger partial charge is 0.307 e. The number of carbonyl (C=O) groups is 2. The van der Waals surface area contributed by atoms with Crippen LogP contribution in [0, 0.1) is 11.8 Å². The molecule has 0 bridgehead atoms. The summed E-state index contributed by atoms with van der Waals surface area (Å²) < 4.78 is 5.04. The number of nitrogens with one attached hydrogen (secondary N) is 1. The molecule has 2 rings (SSSR count). The first-order valence-corrected chi connectivity index (χ1v) is 6.44. The third kappa shape index (κ3) is 3.17. The molecular formula is C15H17NO4. The highest BCUT2D eigenvalue weighted by atomic mass is 16.5. The van der Waals surface area contributed by atoms with Gasteiger partial charge in [-0.2, -0.15) is 0 Å². The van der Waals surface area contributed by atoms with Crippen LogP contribution in [0.15, 0.2) is 36.4 Å². The summed E-state index contributed by atoms with van der Waals surface area (Å²) in [6, 6.07) is 6.94. The topological polar surface area (TPSA) is 75.6 Å². The quantitative estimate of drug-likeness (QED) is 0.827. The van der Waals surface area contributed by atoms with Gasteiger partial charge in [-0.3, -0.25) is 9.59 Å². The lowest BCUT2D eigenvalue weighted by molar-refractivity contribution is -0.146. The van der Waals surface area contributed by atoms with Crippen molar-refractivity contribution in [1.82, 2.24) is 0 Å². The molecule has 106 valence electrons. The molecule has 2 unspecified atom stereocenters. The van der Waals surface area contributed by atoms with E-state index >= 15 is 0 Å². The van der Waals surface area contributed by atoms with Crippen molar-refractivity contribution in [3.05, 3.63) is 36.4 Å². The first-order valence-electron chi connectivity index (χ1n) is 6.44. The molecule has 2 atom stereocenters. The minimum atomic E-state index is -0.927. The molecule has 0 heterocycles. The molecule has 0 saturated carbocycles. The second kappa shape index (κ2) is 6.23. The van der Waals surface area contributed by atoms with Crippen LogP contribution in [-0.2, 0) is 9.59 Å². The lowest BCUT2D eigenvalue weighted by Gasteiger charge is -2.24. The van der Waals surface area contributed by atoms with Gasteiger partial charge in [0, 0.05) is 5.69 Å². The molecule has 1 aliphatic carbocycles. The van der Waals surface area contributed by atoms with Crippen LogP contribution in [0.1, 0.15) is 12.8 Å². The predicted molar refractivity (Wildman–Crippen MR) is 74.6 cm³/mol. The number of hydrogen-bond donors (Lipinski definition) is 2. The molecule has 0 aliphatic heterocycles. The summed E-state index contributed by atoms with van der Waals surface area (Å²) in [5, 5.41) is 11.9. The van der Waals surface area contributed by atoms with Crippen LogP contribution in [0.2, 0.25) is 0 Å². The lowest BCUT2D eigenvalue weighted by atomic mass is 9.82. The normalized spacial score (nSPS) is 21.2. The molecule has 1 aliphatic rings. The standard InChI is InChI=1S/C15H17NO4/c1-20-11-8-6-10(7-9-11)16-14(17)12-4-2-3-5-13(12)15(18)19/h2-3,6-9,12-13H,4-5H2,1H3,(H,16,17)(H,18,19). The predicted octanol–water partition coefficient (Wildman–Crippen LogP) is 2.30. The Bertz CT molecular complexity index is 521. The average molecular weight is 275 g/mol. The summed E-state index contributed by atoms with van der Waals surface area (Å²) in [6.07, 6.45) is 4.53. The highest BCUT2D eigenvalue weighted by molar-refractivity contribution is 5.95. The van der Waals surface area contributed by atoms with Crippen LogP contribution < -0.4 is 10.1 Å². The second-order valence-corrected chi connectivity index (χ2v) is 4.71. The number of ether oxygens (including phenoxy) is 1. The van der Waals surface area contributed by atoms with E-state index in [0.717, 1.165) is 0 Å². The maximum absolute atomic E-state index is 12.2. The van der Waals surface area contributed by atoms with Crippen molar-refractivity contribution in [3.63, 3.8) is 0 Å². The number of methoxy groups -OCH3 is 1. The van der Waals surface area contributed by atoms with Gasteiger partial charge >= 0.3 is 5.97 Å². The molecule has 2 N–H and O–H groups in total. The van der Waals surface area contributed by atoms with Gasteiger partial charge in [-0.25, -0.2) is 0 Å². The molecule has 0 fully saturated rings. The van der Waals surface area contributed by atoms with Crippen molar-refractivity contribution >= 4 is 17.6 Å². The Kier molecular flexibility index (Phi) is 4.40. The van der Waals surface area contributed by atoms with Crippen molar-refractivity contribution in [2.24, 2.45) is 11.8 Å². The Balaban J connectivity index is 2.06. The fraction of sp³-hybridized carbons (Fsp3) is 0.333. The Morgan fingerprint density at radius 1 is 1.15 bits per heavy atom. The zero-order valence-corrected chi connectivity index (χ0v) is 11.2. The second-order valence-electron chi connectivity index (χ2n) is 4.71. The van der Waals surface area contributed by atoms with Gasteiger partial charge < -0.3 is 15.2 Å². The monoisotopic (exact) mass is 275 g/mol. The van der Waals surface area contributed by atoms with Crippen LogP contribution in [0.3, 0.4) is 0 Å². The highest BCUT2D eigenvalue weighted by Gasteiger charge is 2.33. The summed E-state index contributed by atoms with van der Waals surface area (Å²) in [7, 11) is 1.57. The molecular weight excluding hydrogens is 258 g/mol. The number of anilines is 1. The number of allylic oxidation sites excluding steroid dienone is 2. The third-order valence-corrected chi connectivity index (χ3v) is 3.44. The van der Waals surface area contributed by atoms with E-state index in [1.54, 1.807) is 31.4 Å². The molecule has 0 spiro atoms. The van der Waals surface area contributed by atoms with E-state index in [2.05, 4.69) is 5.32 Å². The van der Waals surface area contributed by atoms with E-state index in [1.165, 1.54) is 0 Å². The number of amides is 1. The van der Waals surface area contributed by atoms with Gasteiger partial charge in [-0.15, -0.1) is 0 Å². The number of benzene rings is 1. The Morgan fingerprint density at radius 2 is 1.75 bits per heavy atom. The SMILES string of the molecule is COc1ccc(NC(=O)C2CC=CCC2C(=O)O)cc1. The van der Waals surface area contributed by atoms with Crippen molar-refractivity contribution in [2.75, 3.05) is 12.4 Å². The lowest BCUT2D eigenvalue weighted by Crippen LogP contribution is -2.34. The van der Waals surface area contributed by atoms with Gasteiger partial charge in [0.2, 0.25) is 5.91 Å². The van der Waals surface area contributed by atoms with Gasteiger partial charge in [-0.05, 0) is 37.1 Å². The van der Waals surface area contributed by atoms with Crippen molar-refractivity contribution in [2.45, 2.75) is 12.8 Å². The van der Waals surface area contributed by atoms with E-state index < -0.39 is 17.8 Å². The molecule has 5 nitrogen and oxygen atoms in total. The molecule has 0 radical (unpaired) electrons. The molecule has 5 heteroatoms. The van der Waals surface area contributed by atoms with Gasteiger partial charge in [0.1, 0.15) is 5.75 Å². The van der Waals surface area contributed by atoms with E-state index in [9.17, 15) is 9.59 Å². The first kappa shape index (κ1) is 14.1. The van der Waals surface area contributed by atoms with Crippen LogP contribution >= 0.6 is 0 Å². The zero-order chi connectivity index (χ0) is 14.5. The van der Waals surface area contributed by atoms with Crippen molar-refractivity contribution in [1.29, 1.82) is 0 Å². The van der Waals surface area contributed by atoms with Crippen molar-refractivity contribution < 1.29 is 19.4 Å². The molecule has 1 aromatic carbocycles. The minimum absolute atomic E-state index is 0.257. The summed E-state index contributed by atoms with van der Waals surface area (Å²) in [4.78, 5) is 23.4. The van der Waals surface area contributed by atoms with Gasteiger partial charge in [0.05, 0.1) is 18.9 Å². The molecule has 0 saturated heterocycles. The minimum Gasteiger partial charge on any atom is -0.497 e. The Hall–Kier alpha value is -2.30. The summed E-state index contributed by atoms with van der Waals surface area (Å²) >= 11 is 0. The number of rotatable bonds is 4. The van der Waals surface area contributed by atoms with Crippen molar-refractivity contribution in [3.8, 4) is 5.75 Å². The molecule has 1 aromatic rings. The van der Waals surface area contributed by atoms with Crippen LogP contribution in [0.4, 0.5) is 5.69 Å². The van der Waals surface area contributed by atoms with Crippen LogP contribution in [0.25, 0.3) is 0 Å². The maximum atomic E-state index is 12.2. The van der Waals surface area contributed by atoms with Crippen LogP contribution in [0.5, 0.6) is 5.75 Å². The fourth-order valence-electron chi connectivity index (χ4n) is 2.29. The largest absolute Gasteiger partial charge is 0.497 e. The number of hydrogen-bond acceptors (Lipinski definition) is 3.